The lowest BCUT2D eigenvalue weighted by Gasteiger charge is -2.31. The van der Waals surface area contributed by atoms with E-state index in [4.69, 9.17) is 4.74 Å². The molecule has 0 spiro atoms. The van der Waals surface area contributed by atoms with E-state index in [0.29, 0.717) is 6.61 Å². The molecule has 1 atom stereocenters. The van der Waals surface area contributed by atoms with Crippen LogP contribution in [0.25, 0.3) is 0 Å². The van der Waals surface area contributed by atoms with Crippen molar-refractivity contribution in [3.63, 3.8) is 0 Å². The fourth-order valence-electron chi connectivity index (χ4n) is 4.76. The first-order valence-corrected chi connectivity index (χ1v) is 11.6. The zero-order valence-electron chi connectivity index (χ0n) is 19.2. The third-order valence-electron chi connectivity index (χ3n) is 7.03. The molecule has 170 valence electrons. The molecule has 0 saturated heterocycles. The zero-order valence-corrected chi connectivity index (χ0v) is 19.2. The summed E-state index contributed by atoms with van der Waals surface area (Å²) >= 11 is 0. The highest BCUT2D eigenvalue weighted by molar-refractivity contribution is 5.40. The van der Waals surface area contributed by atoms with Crippen LogP contribution in [0.15, 0.2) is 36.4 Å². The molecule has 3 N–H and O–H groups in total. The summed E-state index contributed by atoms with van der Waals surface area (Å²) in [6.45, 7) is 6.32. The summed E-state index contributed by atoms with van der Waals surface area (Å²) in [7, 11) is 0. The minimum absolute atomic E-state index is 0.0397. The average molecular weight is 427 g/mol. The van der Waals surface area contributed by atoms with Gasteiger partial charge in [0.05, 0.1) is 19.3 Å². The molecule has 1 aliphatic carbocycles. The van der Waals surface area contributed by atoms with Crippen molar-refractivity contribution in [3.8, 4) is 5.75 Å². The number of aliphatic hydroxyl groups excluding tert-OH is 3. The molecule has 2 aromatic rings. The molecule has 0 bridgehead atoms. The van der Waals surface area contributed by atoms with E-state index in [2.05, 4.69) is 31.2 Å². The van der Waals surface area contributed by atoms with E-state index in [-0.39, 0.29) is 24.5 Å². The summed E-state index contributed by atoms with van der Waals surface area (Å²) in [4.78, 5) is 0. The molecule has 1 aliphatic rings. The van der Waals surface area contributed by atoms with Crippen LogP contribution < -0.4 is 4.74 Å². The second kappa shape index (κ2) is 10.6. The Morgan fingerprint density at radius 1 is 0.968 bits per heavy atom. The van der Waals surface area contributed by atoms with Crippen molar-refractivity contribution in [2.24, 2.45) is 5.92 Å². The Labute approximate surface area is 186 Å². The lowest BCUT2D eigenvalue weighted by Crippen LogP contribution is -2.24. The van der Waals surface area contributed by atoms with Crippen molar-refractivity contribution in [2.45, 2.75) is 84.0 Å². The van der Waals surface area contributed by atoms with Crippen molar-refractivity contribution >= 4 is 0 Å². The standard InChI is InChI=1S/C27H38O4/c1-19(2)25(30)18-31-26-9-8-24(14-20(26)3)27(11-4-5-12-27)13-10-21-6-7-22(16-28)23(15-21)17-29/h6-9,14-15,19,25,28-30H,4-5,10-13,16-18H2,1-3H3. The Kier molecular flexibility index (Phi) is 8.15. The molecule has 1 unspecified atom stereocenters. The van der Waals surface area contributed by atoms with Gasteiger partial charge in [-0.3, -0.25) is 0 Å². The Morgan fingerprint density at radius 2 is 1.68 bits per heavy atom. The fraction of sp³-hybridized carbons (Fsp3) is 0.556. The van der Waals surface area contributed by atoms with Gasteiger partial charge in [-0.2, -0.15) is 0 Å². The van der Waals surface area contributed by atoms with Gasteiger partial charge in [0.1, 0.15) is 12.4 Å². The molecule has 0 aliphatic heterocycles. The van der Waals surface area contributed by atoms with E-state index >= 15 is 0 Å². The largest absolute Gasteiger partial charge is 0.491 e. The van der Waals surface area contributed by atoms with Gasteiger partial charge in [-0.25, -0.2) is 0 Å². The average Bonchev–Trinajstić information content (AvgIpc) is 3.26. The van der Waals surface area contributed by atoms with Gasteiger partial charge >= 0.3 is 0 Å². The van der Waals surface area contributed by atoms with Gasteiger partial charge in [0, 0.05) is 0 Å². The number of aliphatic hydroxyl groups is 3. The van der Waals surface area contributed by atoms with Crippen LogP contribution in [0.2, 0.25) is 0 Å². The molecular formula is C27H38O4. The van der Waals surface area contributed by atoms with Crippen LogP contribution in [0, 0.1) is 12.8 Å². The second-order valence-electron chi connectivity index (χ2n) is 9.51. The highest BCUT2D eigenvalue weighted by Gasteiger charge is 2.35. The first kappa shape index (κ1) is 23.8. The second-order valence-corrected chi connectivity index (χ2v) is 9.51. The summed E-state index contributed by atoms with van der Waals surface area (Å²) in [6.07, 6.45) is 6.47. The maximum absolute atomic E-state index is 10.0. The lowest BCUT2D eigenvalue weighted by atomic mass is 9.74. The van der Waals surface area contributed by atoms with Crippen molar-refractivity contribution in [3.05, 3.63) is 64.2 Å². The van der Waals surface area contributed by atoms with Crippen LogP contribution in [-0.4, -0.2) is 28.0 Å². The van der Waals surface area contributed by atoms with Crippen LogP contribution in [-0.2, 0) is 25.0 Å². The zero-order chi connectivity index (χ0) is 22.4. The van der Waals surface area contributed by atoms with Crippen molar-refractivity contribution in [2.75, 3.05) is 6.61 Å². The molecule has 0 amide bonds. The van der Waals surface area contributed by atoms with Crippen molar-refractivity contribution in [1.82, 2.24) is 0 Å². The van der Waals surface area contributed by atoms with Crippen LogP contribution in [0.1, 0.15) is 73.8 Å². The van der Waals surface area contributed by atoms with E-state index in [0.717, 1.165) is 35.3 Å². The maximum Gasteiger partial charge on any atom is 0.122 e. The summed E-state index contributed by atoms with van der Waals surface area (Å²) in [5.74, 6) is 1.03. The van der Waals surface area contributed by atoms with E-state index in [1.54, 1.807) is 0 Å². The first-order chi connectivity index (χ1) is 14.9. The lowest BCUT2D eigenvalue weighted by molar-refractivity contribution is 0.0698. The van der Waals surface area contributed by atoms with E-state index in [1.807, 2.05) is 26.0 Å². The molecule has 0 aromatic heterocycles. The Bertz CT molecular complexity index is 852. The van der Waals surface area contributed by atoms with Crippen LogP contribution in [0.5, 0.6) is 5.75 Å². The van der Waals surface area contributed by atoms with Gasteiger partial charge in [-0.1, -0.05) is 57.0 Å². The fourth-order valence-corrected chi connectivity index (χ4v) is 4.76. The number of hydrogen-bond donors (Lipinski definition) is 3. The Balaban J connectivity index is 1.74. The monoisotopic (exact) mass is 426 g/mol. The summed E-state index contributed by atoms with van der Waals surface area (Å²) in [5.41, 5.74) is 5.52. The predicted octanol–water partition coefficient (Wildman–Crippen LogP) is 4.82. The molecule has 4 heteroatoms. The summed E-state index contributed by atoms with van der Waals surface area (Å²) in [5, 5.41) is 29.1. The highest BCUT2D eigenvalue weighted by Crippen LogP contribution is 2.45. The molecule has 2 aromatic carbocycles. The van der Waals surface area contributed by atoms with Crippen molar-refractivity contribution < 1.29 is 20.1 Å². The van der Waals surface area contributed by atoms with E-state index in [1.165, 1.54) is 36.8 Å². The maximum atomic E-state index is 10.0. The third-order valence-corrected chi connectivity index (χ3v) is 7.03. The molecule has 31 heavy (non-hydrogen) atoms. The Morgan fingerprint density at radius 3 is 2.29 bits per heavy atom. The first-order valence-electron chi connectivity index (χ1n) is 11.6. The van der Waals surface area contributed by atoms with E-state index in [9.17, 15) is 15.3 Å². The van der Waals surface area contributed by atoms with Gasteiger partial charge in [0.25, 0.3) is 0 Å². The molecule has 1 fully saturated rings. The van der Waals surface area contributed by atoms with Gasteiger partial charge in [-0.05, 0) is 77.8 Å². The van der Waals surface area contributed by atoms with Crippen molar-refractivity contribution in [1.29, 1.82) is 0 Å². The molecule has 1 saturated carbocycles. The molecule has 0 heterocycles. The van der Waals surface area contributed by atoms with Crippen LogP contribution in [0.4, 0.5) is 0 Å². The summed E-state index contributed by atoms with van der Waals surface area (Å²) in [6, 6.07) is 12.6. The van der Waals surface area contributed by atoms with Crippen LogP contribution in [0.3, 0.4) is 0 Å². The van der Waals surface area contributed by atoms with Gasteiger partial charge in [-0.15, -0.1) is 0 Å². The quantitative estimate of drug-likeness (QED) is 0.509. The van der Waals surface area contributed by atoms with Gasteiger partial charge < -0.3 is 20.1 Å². The number of hydrogen-bond acceptors (Lipinski definition) is 4. The predicted molar refractivity (Wildman–Crippen MR) is 124 cm³/mol. The molecule has 0 radical (unpaired) electrons. The smallest absolute Gasteiger partial charge is 0.122 e. The topological polar surface area (TPSA) is 69.9 Å². The number of rotatable bonds is 10. The number of benzene rings is 2. The third kappa shape index (κ3) is 5.68. The normalized spacial score (nSPS) is 16.6. The molecule has 4 nitrogen and oxygen atoms in total. The molecular weight excluding hydrogens is 388 g/mol. The van der Waals surface area contributed by atoms with Crippen LogP contribution >= 0.6 is 0 Å². The number of aryl methyl sites for hydroxylation is 2. The van der Waals surface area contributed by atoms with E-state index < -0.39 is 6.10 Å². The van der Waals surface area contributed by atoms with Gasteiger partial charge in [0.2, 0.25) is 0 Å². The highest BCUT2D eigenvalue weighted by atomic mass is 16.5. The minimum atomic E-state index is -0.457. The van der Waals surface area contributed by atoms with Gasteiger partial charge in [0.15, 0.2) is 0 Å². The molecule has 3 rings (SSSR count). The summed E-state index contributed by atoms with van der Waals surface area (Å²) < 4.78 is 5.89. The Hall–Kier alpha value is -1.88. The minimum Gasteiger partial charge on any atom is -0.491 e. The SMILES string of the molecule is Cc1cc(C2(CCc3ccc(CO)c(CO)c3)CCCC2)ccc1OCC(O)C(C)C. The number of ether oxygens (including phenoxy) is 1.